The molecular formula is C11H7BrN6. The predicted octanol–water partition coefficient (Wildman–Crippen LogP) is 1.88. The Labute approximate surface area is 111 Å². The molecule has 0 bridgehead atoms. The van der Waals surface area contributed by atoms with Crippen molar-refractivity contribution in [2.45, 2.75) is 0 Å². The fourth-order valence-electron chi connectivity index (χ4n) is 1.45. The van der Waals surface area contributed by atoms with Crippen LogP contribution in [0.4, 0.5) is 0 Å². The van der Waals surface area contributed by atoms with E-state index >= 15 is 0 Å². The molecule has 0 saturated carbocycles. The van der Waals surface area contributed by atoms with Gasteiger partial charge in [-0.3, -0.25) is 9.97 Å². The molecule has 0 aliphatic heterocycles. The highest BCUT2D eigenvalue weighted by molar-refractivity contribution is 9.10. The molecule has 0 aliphatic rings. The van der Waals surface area contributed by atoms with Crippen molar-refractivity contribution in [2.24, 2.45) is 0 Å². The number of pyridine rings is 2. The molecule has 0 fully saturated rings. The maximum absolute atomic E-state index is 4.29. The summed E-state index contributed by atoms with van der Waals surface area (Å²) in [5.41, 5.74) is 1.57. The molecule has 0 spiro atoms. The quantitative estimate of drug-likeness (QED) is 0.723. The Balaban J connectivity index is 2.00. The summed E-state index contributed by atoms with van der Waals surface area (Å²) < 4.78 is 0.873. The zero-order chi connectivity index (χ0) is 12.4. The average Bonchev–Trinajstić information content (AvgIpc) is 2.89. The van der Waals surface area contributed by atoms with Crippen molar-refractivity contribution in [1.29, 1.82) is 0 Å². The van der Waals surface area contributed by atoms with Crippen LogP contribution in [0.25, 0.3) is 17.1 Å². The summed E-state index contributed by atoms with van der Waals surface area (Å²) >= 11 is 3.36. The highest BCUT2D eigenvalue weighted by atomic mass is 79.9. The molecule has 3 aromatic rings. The Hall–Kier alpha value is -2.15. The SMILES string of the molecule is Brc1cncc(-c2nnn(-c3cccnc3)n2)c1. The first-order chi connectivity index (χ1) is 8.83. The van der Waals surface area contributed by atoms with E-state index in [0.717, 1.165) is 15.7 Å². The lowest BCUT2D eigenvalue weighted by Crippen LogP contribution is -1.99. The Morgan fingerprint density at radius 1 is 1.11 bits per heavy atom. The maximum atomic E-state index is 4.29. The topological polar surface area (TPSA) is 69.4 Å². The summed E-state index contributed by atoms with van der Waals surface area (Å²) in [6.45, 7) is 0. The van der Waals surface area contributed by atoms with Gasteiger partial charge in [-0.05, 0) is 39.3 Å². The first-order valence-electron chi connectivity index (χ1n) is 5.14. The van der Waals surface area contributed by atoms with Crippen molar-refractivity contribution in [3.63, 3.8) is 0 Å². The van der Waals surface area contributed by atoms with Crippen LogP contribution in [0.2, 0.25) is 0 Å². The molecule has 3 rings (SSSR count). The first-order valence-corrected chi connectivity index (χ1v) is 5.93. The fourth-order valence-corrected chi connectivity index (χ4v) is 1.81. The van der Waals surface area contributed by atoms with Gasteiger partial charge in [0.25, 0.3) is 0 Å². The molecule has 7 heteroatoms. The fraction of sp³-hybridized carbons (Fsp3) is 0. The van der Waals surface area contributed by atoms with E-state index < -0.39 is 0 Å². The van der Waals surface area contributed by atoms with Gasteiger partial charge in [0.2, 0.25) is 5.82 Å². The second-order valence-electron chi connectivity index (χ2n) is 3.51. The molecule has 0 N–H and O–H groups in total. The smallest absolute Gasteiger partial charge is 0.206 e. The van der Waals surface area contributed by atoms with Gasteiger partial charge < -0.3 is 0 Å². The number of nitrogens with zero attached hydrogens (tertiary/aromatic N) is 6. The number of tetrazole rings is 1. The van der Waals surface area contributed by atoms with Crippen LogP contribution < -0.4 is 0 Å². The molecule has 0 unspecified atom stereocenters. The second-order valence-corrected chi connectivity index (χ2v) is 4.42. The number of rotatable bonds is 2. The summed E-state index contributed by atoms with van der Waals surface area (Å²) in [5.74, 6) is 0.521. The summed E-state index contributed by atoms with van der Waals surface area (Å²) in [4.78, 5) is 9.51. The first kappa shape index (κ1) is 11.0. The van der Waals surface area contributed by atoms with Crippen molar-refractivity contribution in [2.75, 3.05) is 0 Å². The van der Waals surface area contributed by atoms with Crippen molar-refractivity contribution in [3.05, 3.63) is 47.5 Å². The van der Waals surface area contributed by atoms with E-state index in [0.29, 0.717) is 5.82 Å². The van der Waals surface area contributed by atoms with Gasteiger partial charge in [-0.15, -0.1) is 15.0 Å². The lowest BCUT2D eigenvalue weighted by atomic mass is 10.3. The molecule has 0 aliphatic carbocycles. The van der Waals surface area contributed by atoms with Crippen LogP contribution in [-0.4, -0.2) is 30.2 Å². The minimum absolute atomic E-state index is 0.521. The van der Waals surface area contributed by atoms with E-state index in [9.17, 15) is 0 Å². The Morgan fingerprint density at radius 2 is 2.06 bits per heavy atom. The number of hydrogen-bond acceptors (Lipinski definition) is 5. The monoisotopic (exact) mass is 302 g/mol. The minimum atomic E-state index is 0.521. The predicted molar refractivity (Wildman–Crippen MR) is 67.9 cm³/mol. The maximum Gasteiger partial charge on any atom is 0.206 e. The molecule has 88 valence electrons. The molecule has 18 heavy (non-hydrogen) atoms. The highest BCUT2D eigenvalue weighted by Crippen LogP contribution is 2.17. The minimum Gasteiger partial charge on any atom is -0.263 e. The van der Waals surface area contributed by atoms with Crippen molar-refractivity contribution >= 4 is 15.9 Å². The molecule has 0 aromatic carbocycles. The normalized spacial score (nSPS) is 10.5. The number of hydrogen-bond donors (Lipinski definition) is 0. The Morgan fingerprint density at radius 3 is 2.83 bits per heavy atom. The van der Waals surface area contributed by atoms with E-state index in [4.69, 9.17) is 0 Å². The standard InChI is InChI=1S/C11H7BrN6/c12-9-4-8(5-14-6-9)11-15-17-18(16-11)10-2-1-3-13-7-10/h1-7H. The third kappa shape index (κ3) is 2.12. The van der Waals surface area contributed by atoms with Crippen LogP contribution >= 0.6 is 15.9 Å². The van der Waals surface area contributed by atoms with E-state index in [1.165, 1.54) is 4.80 Å². The number of halogens is 1. The van der Waals surface area contributed by atoms with Gasteiger partial charge in [0, 0.05) is 28.6 Å². The van der Waals surface area contributed by atoms with Gasteiger partial charge in [-0.25, -0.2) is 0 Å². The summed E-state index contributed by atoms with van der Waals surface area (Å²) in [5, 5.41) is 12.3. The van der Waals surface area contributed by atoms with E-state index in [1.54, 1.807) is 24.8 Å². The zero-order valence-corrected chi connectivity index (χ0v) is 10.7. The van der Waals surface area contributed by atoms with Gasteiger partial charge >= 0.3 is 0 Å². The molecule has 0 atom stereocenters. The van der Waals surface area contributed by atoms with Gasteiger partial charge in [0.05, 0.1) is 6.20 Å². The summed E-state index contributed by atoms with van der Waals surface area (Å²) in [7, 11) is 0. The largest absolute Gasteiger partial charge is 0.263 e. The van der Waals surface area contributed by atoms with Crippen LogP contribution in [0.5, 0.6) is 0 Å². The Bertz CT molecular complexity index is 666. The van der Waals surface area contributed by atoms with E-state index in [1.807, 2.05) is 18.2 Å². The van der Waals surface area contributed by atoms with Crippen molar-refractivity contribution < 1.29 is 0 Å². The van der Waals surface area contributed by atoms with Gasteiger partial charge in [0.15, 0.2) is 0 Å². The van der Waals surface area contributed by atoms with Crippen molar-refractivity contribution in [1.82, 2.24) is 30.2 Å². The van der Waals surface area contributed by atoms with E-state index in [-0.39, 0.29) is 0 Å². The molecule has 0 amide bonds. The highest BCUT2D eigenvalue weighted by Gasteiger charge is 2.07. The van der Waals surface area contributed by atoms with Gasteiger partial charge in [0.1, 0.15) is 5.69 Å². The lowest BCUT2D eigenvalue weighted by Gasteiger charge is -1.96. The summed E-state index contributed by atoms with van der Waals surface area (Å²) in [6, 6.07) is 5.56. The third-order valence-electron chi connectivity index (χ3n) is 2.25. The van der Waals surface area contributed by atoms with Crippen LogP contribution in [0.15, 0.2) is 47.5 Å². The molecule has 0 saturated heterocycles. The summed E-state index contributed by atoms with van der Waals surface area (Å²) in [6.07, 6.45) is 6.76. The van der Waals surface area contributed by atoms with Crippen LogP contribution in [0.1, 0.15) is 0 Å². The molecule has 6 nitrogen and oxygen atoms in total. The second kappa shape index (κ2) is 4.61. The molecule has 3 aromatic heterocycles. The molecular weight excluding hydrogens is 296 g/mol. The zero-order valence-electron chi connectivity index (χ0n) is 9.10. The van der Waals surface area contributed by atoms with Crippen molar-refractivity contribution in [3.8, 4) is 17.1 Å². The van der Waals surface area contributed by atoms with Crippen LogP contribution in [0.3, 0.4) is 0 Å². The molecule has 0 radical (unpaired) electrons. The Kier molecular flexibility index (Phi) is 2.81. The van der Waals surface area contributed by atoms with Gasteiger partial charge in [-0.2, -0.15) is 0 Å². The third-order valence-corrected chi connectivity index (χ3v) is 2.69. The lowest BCUT2D eigenvalue weighted by molar-refractivity contribution is 0.717. The van der Waals surface area contributed by atoms with Crippen LogP contribution in [0, 0.1) is 0 Å². The molecule has 3 heterocycles. The van der Waals surface area contributed by atoms with E-state index in [2.05, 4.69) is 41.3 Å². The average molecular weight is 303 g/mol. The number of aromatic nitrogens is 6. The van der Waals surface area contributed by atoms with Crippen LogP contribution in [-0.2, 0) is 0 Å². The van der Waals surface area contributed by atoms with Gasteiger partial charge in [-0.1, -0.05) is 0 Å².